The molecule has 0 amide bonds. The lowest BCUT2D eigenvalue weighted by atomic mass is 10.0. The third kappa shape index (κ3) is 5.45. The molecule has 2 rings (SSSR count). The molecule has 0 fully saturated rings. The second-order valence-corrected chi connectivity index (χ2v) is 6.20. The van der Waals surface area contributed by atoms with Gasteiger partial charge < -0.3 is 9.57 Å². The van der Waals surface area contributed by atoms with Crippen LogP contribution < -0.4 is 4.74 Å². The molecule has 0 aliphatic carbocycles. The summed E-state index contributed by atoms with van der Waals surface area (Å²) in [5.41, 5.74) is 3.29. The number of carbonyl (C=O) groups excluding carboxylic acids is 1. The molecule has 0 heterocycles. The lowest BCUT2D eigenvalue weighted by Gasteiger charge is -2.07. The number of carbonyl (C=O) groups is 1. The van der Waals surface area contributed by atoms with Crippen LogP contribution in [0.25, 0.3) is 0 Å². The number of benzene rings is 2. The van der Waals surface area contributed by atoms with E-state index in [1.54, 1.807) is 24.3 Å². The zero-order chi connectivity index (χ0) is 18.2. The van der Waals surface area contributed by atoms with Crippen molar-refractivity contribution in [1.82, 2.24) is 0 Å². The molecule has 0 saturated heterocycles. The summed E-state index contributed by atoms with van der Waals surface area (Å²) >= 11 is 0. The summed E-state index contributed by atoms with van der Waals surface area (Å²) < 4.78 is 5.49. The molecule has 0 aliphatic rings. The second-order valence-electron chi connectivity index (χ2n) is 6.20. The molecule has 4 nitrogen and oxygen atoms in total. The third-order valence-electron chi connectivity index (χ3n) is 3.82. The van der Waals surface area contributed by atoms with Crippen molar-refractivity contribution in [2.24, 2.45) is 5.16 Å². The molecule has 2 aromatic carbocycles. The van der Waals surface area contributed by atoms with Gasteiger partial charge in [-0.15, -0.1) is 0 Å². The average molecular weight is 339 g/mol. The van der Waals surface area contributed by atoms with E-state index in [0.717, 1.165) is 17.7 Å². The Balaban J connectivity index is 1.98. The summed E-state index contributed by atoms with van der Waals surface area (Å²) in [6, 6.07) is 15.0. The zero-order valence-electron chi connectivity index (χ0n) is 15.3. The van der Waals surface area contributed by atoms with Gasteiger partial charge in [-0.1, -0.05) is 50.2 Å². The number of ether oxygens (including phenoxy) is 1. The van der Waals surface area contributed by atoms with Crippen LogP contribution in [0.4, 0.5) is 0 Å². The van der Waals surface area contributed by atoms with Crippen LogP contribution in [0, 0.1) is 0 Å². The zero-order valence-corrected chi connectivity index (χ0v) is 15.3. The summed E-state index contributed by atoms with van der Waals surface area (Å²) in [6.07, 6.45) is 0.940. The fourth-order valence-electron chi connectivity index (χ4n) is 2.23. The minimum atomic E-state index is -0.486. The Morgan fingerprint density at radius 1 is 1.00 bits per heavy atom. The normalized spacial score (nSPS) is 11.5. The van der Waals surface area contributed by atoms with Gasteiger partial charge in [-0.05, 0) is 54.7 Å². The Bertz CT molecular complexity index is 716. The van der Waals surface area contributed by atoms with Crippen molar-refractivity contribution >= 4 is 11.7 Å². The first-order chi connectivity index (χ1) is 12.0. The molecule has 132 valence electrons. The molecule has 0 spiro atoms. The van der Waals surface area contributed by atoms with Gasteiger partial charge in [0.1, 0.15) is 5.75 Å². The molecule has 2 aromatic rings. The van der Waals surface area contributed by atoms with E-state index in [4.69, 9.17) is 9.57 Å². The summed E-state index contributed by atoms with van der Waals surface area (Å²) in [6.45, 7) is 8.82. The van der Waals surface area contributed by atoms with Crippen LogP contribution in [0.3, 0.4) is 0 Å². The summed E-state index contributed by atoms with van der Waals surface area (Å²) in [4.78, 5) is 17.1. The molecule has 0 bridgehead atoms. The molecule has 0 aromatic heterocycles. The fraction of sp³-hybridized carbons (Fsp3) is 0.333. The van der Waals surface area contributed by atoms with Crippen molar-refractivity contribution in [1.29, 1.82) is 0 Å². The molecule has 0 N–H and O–H groups in total. The molecule has 0 atom stereocenters. The molecule has 0 radical (unpaired) electrons. The van der Waals surface area contributed by atoms with Crippen LogP contribution in [0.1, 0.15) is 61.5 Å². The van der Waals surface area contributed by atoms with Crippen LogP contribution in [-0.2, 0) is 4.84 Å². The van der Waals surface area contributed by atoms with Gasteiger partial charge in [0.2, 0.25) is 0 Å². The fourth-order valence-corrected chi connectivity index (χ4v) is 2.23. The predicted molar refractivity (Wildman–Crippen MR) is 100 cm³/mol. The van der Waals surface area contributed by atoms with E-state index in [1.807, 2.05) is 26.0 Å². The van der Waals surface area contributed by atoms with Crippen molar-refractivity contribution in [2.75, 3.05) is 6.61 Å². The molecule has 4 heteroatoms. The molecule has 0 saturated carbocycles. The minimum Gasteiger partial charge on any atom is -0.494 e. The first-order valence-electron chi connectivity index (χ1n) is 8.60. The first-order valence-corrected chi connectivity index (χ1v) is 8.60. The maximum Gasteiger partial charge on any atom is 0.365 e. The molecule has 25 heavy (non-hydrogen) atoms. The summed E-state index contributed by atoms with van der Waals surface area (Å²) in [5.74, 6) is 0.733. The number of hydrogen-bond acceptors (Lipinski definition) is 4. The topological polar surface area (TPSA) is 47.9 Å². The van der Waals surface area contributed by atoms with E-state index < -0.39 is 5.97 Å². The van der Waals surface area contributed by atoms with Crippen LogP contribution >= 0.6 is 0 Å². The maximum atomic E-state index is 12.1. The predicted octanol–water partition coefficient (Wildman–Crippen LogP) is 5.18. The van der Waals surface area contributed by atoms with Gasteiger partial charge in [0.25, 0.3) is 0 Å². The highest BCUT2D eigenvalue weighted by Gasteiger charge is 2.08. The van der Waals surface area contributed by atoms with E-state index in [9.17, 15) is 4.79 Å². The van der Waals surface area contributed by atoms with Gasteiger partial charge in [0.15, 0.2) is 0 Å². The smallest absolute Gasteiger partial charge is 0.365 e. The lowest BCUT2D eigenvalue weighted by Crippen LogP contribution is -2.04. The number of oxime groups is 1. The molecular formula is C21H25NO3. The Labute approximate surface area is 149 Å². The van der Waals surface area contributed by atoms with E-state index in [0.29, 0.717) is 23.8 Å². The van der Waals surface area contributed by atoms with E-state index in [1.165, 1.54) is 5.56 Å². The van der Waals surface area contributed by atoms with Crippen molar-refractivity contribution in [3.8, 4) is 5.75 Å². The van der Waals surface area contributed by atoms with Gasteiger partial charge in [0, 0.05) is 0 Å². The molecule has 0 aliphatic heterocycles. The third-order valence-corrected chi connectivity index (χ3v) is 3.82. The van der Waals surface area contributed by atoms with Crippen molar-refractivity contribution in [2.45, 2.75) is 40.0 Å². The Kier molecular flexibility index (Phi) is 6.75. The summed E-state index contributed by atoms with van der Waals surface area (Å²) in [5, 5.41) is 3.95. The Morgan fingerprint density at radius 2 is 1.60 bits per heavy atom. The SMILES string of the molecule is CCCOc1ccc(C(=O)ON=C(C)c2ccc(C(C)C)cc2)cc1. The van der Waals surface area contributed by atoms with Crippen LogP contribution in [0.15, 0.2) is 53.7 Å². The van der Waals surface area contributed by atoms with Gasteiger partial charge in [-0.2, -0.15) is 0 Å². The Hall–Kier alpha value is -2.62. The largest absolute Gasteiger partial charge is 0.494 e. The van der Waals surface area contributed by atoms with Crippen molar-refractivity contribution in [3.63, 3.8) is 0 Å². The van der Waals surface area contributed by atoms with E-state index in [-0.39, 0.29) is 0 Å². The number of hydrogen-bond donors (Lipinski definition) is 0. The van der Waals surface area contributed by atoms with Crippen molar-refractivity contribution in [3.05, 3.63) is 65.2 Å². The molecule has 0 unspecified atom stereocenters. The first kappa shape index (κ1) is 18.7. The monoisotopic (exact) mass is 339 g/mol. The van der Waals surface area contributed by atoms with Crippen LogP contribution in [0.5, 0.6) is 5.75 Å². The van der Waals surface area contributed by atoms with Crippen LogP contribution in [-0.4, -0.2) is 18.3 Å². The van der Waals surface area contributed by atoms with Crippen LogP contribution in [0.2, 0.25) is 0 Å². The second kappa shape index (κ2) is 9.02. The number of rotatable bonds is 7. The maximum absolute atomic E-state index is 12.1. The minimum absolute atomic E-state index is 0.440. The van der Waals surface area contributed by atoms with Gasteiger partial charge >= 0.3 is 5.97 Å². The quantitative estimate of drug-likeness (QED) is 0.397. The Morgan fingerprint density at radius 3 is 2.16 bits per heavy atom. The standard InChI is InChI=1S/C21H25NO3/c1-5-14-24-20-12-10-19(11-13-20)21(23)25-22-16(4)18-8-6-17(7-9-18)15(2)3/h6-13,15H,5,14H2,1-4H3. The molecular weight excluding hydrogens is 314 g/mol. The average Bonchev–Trinajstić information content (AvgIpc) is 2.64. The highest BCUT2D eigenvalue weighted by Crippen LogP contribution is 2.16. The van der Waals surface area contributed by atoms with Gasteiger partial charge in [0.05, 0.1) is 17.9 Å². The highest BCUT2D eigenvalue weighted by molar-refractivity contribution is 5.99. The van der Waals surface area contributed by atoms with Gasteiger partial charge in [-0.3, -0.25) is 0 Å². The van der Waals surface area contributed by atoms with E-state index >= 15 is 0 Å². The summed E-state index contributed by atoms with van der Waals surface area (Å²) in [7, 11) is 0. The van der Waals surface area contributed by atoms with Crippen molar-refractivity contribution < 1.29 is 14.4 Å². The van der Waals surface area contributed by atoms with Gasteiger partial charge in [-0.25, -0.2) is 4.79 Å². The number of nitrogens with zero attached hydrogens (tertiary/aromatic N) is 1. The van der Waals surface area contributed by atoms with E-state index in [2.05, 4.69) is 31.1 Å². The highest BCUT2D eigenvalue weighted by atomic mass is 16.7. The lowest BCUT2D eigenvalue weighted by molar-refractivity contribution is 0.0516.